The third kappa shape index (κ3) is 4.70. The van der Waals surface area contributed by atoms with Crippen molar-refractivity contribution in [3.05, 3.63) is 28.8 Å². The van der Waals surface area contributed by atoms with Gasteiger partial charge in [0.1, 0.15) is 0 Å². The number of carbonyl (C=O) groups excluding carboxylic acids is 2. The summed E-state index contributed by atoms with van der Waals surface area (Å²) in [5.74, 6) is -0.459. The van der Waals surface area contributed by atoms with Gasteiger partial charge in [0.25, 0.3) is 0 Å². The van der Waals surface area contributed by atoms with E-state index in [0.29, 0.717) is 12.1 Å². The molecule has 1 amide bonds. The van der Waals surface area contributed by atoms with Gasteiger partial charge in [-0.1, -0.05) is 27.7 Å². The van der Waals surface area contributed by atoms with Crippen molar-refractivity contribution >= 4 is 17.4 Å². The van der Waals surface area contributed by atoms with Gasteiger partial charge in [0.15, 0.2) is 5.78 Å². The first kappa shape index (κ1) is 22.8. The third-order valence-corrected chi connectivity index (χ3v) is 6.95. The van der Waals surface area contributed by atoms with E-state index in [-0.39, 0.29) is 36.1 Å². The van der Waals surface area contributed by atoms with Gasteiger partial charge in [-0.2, -0.15) is 0 Å². The summed E-state index contributed by atoms with van der Waals surface area (Å²) < 4.78 is 0. The Bertz CT molecular complexity index is 808. The average Bonchev–Trinajstić information content (AvgIpc) is 2.69. The van der Waals surface area contributed by atoms with Gasteiger partial charge < -0.3 is 15.7 Å². The Morgan fingerprint density at radius 2 is 1.63 bits per heavy atom. The molecule has 0 bridgehead atoms. The average molecular weight is 416 g/mol. The summed E-state index contributed by atoms with van der Waals surface area (Å²) in [5.41, 5.74) is 9.78. The number of benzene rings is 1. The van der Waals surface area contributed by atoms with Crippen molar-refractivity contribution in [3.8, 4) is 0 Å². The normalized spacial score (nSPS) is 20.6. The van der Waals surface area contributed by atoms with Gasteiger partial charge in [0.2, 0.25) is 5.91 Å². The van der Waals surface area contributed by atoms with E-state index in [1.54, 1.807) is 0 Å². The predicted octanol–water partition coefficient (Wildman–Crippen LogP) is 2.60. The molecule has 0 saturated carbocycles. The number of Topliss-reactive ketones (excluding diaryl/α,β-unsaturated/α-hetero) is 1. The molecule has 3 rings (SSSR count). The zero-order chi connectivity index (χ0) is 22.1. The molecule has 1 fully saturated rings. The molecule has 2 aliphatic rings. The lowest BCUT2D eigenvalue weighted by atomic mass is 9.62. The summed E-state index contributed by atoms with van der Waals surface area (Å²) in [6.07, 6.45) is 2.43. The maximum atomic E-state index is 12.9. The van der Waals surface area contributed by atoms with Crippen molar-refractivity contribution in [1.29, 1.82) is 0 Å². The number of fused-ring (bicyclic) bond motifs is 1. The van der Waals surface area contributed by atoms with E-state index >= 15 is 0 Å². The standard InChI is InChI=1S/C24H37N3O3/c1-23(2)7-8-24(3,4)22-18(23)15-17(20(29)5-6-21(25)30)16-19(22)27-11-9-26(10-12-27)13-14-28/h15-16,28H,5-14H2,1-4H3,(H2,25,30). The fraction of sp³-hybridized carbons (Fsp3) is 0.667. The number of anilines is 1. The number of piperazine rings is 1. The summed E-state index contributed by atoms with van der Waals surface area (Å²) in [7, 11) is 0. The highest BCUT2D eigenvalue weighted by atomic mass is 16.3. The van der Waals surface area contributed by atoms with Crippen LogP contribution in [0.3, 0.4) is 0 Å². The number of primary amides is 1. The minimum Gasteiger partial charge on any atom is -0.395 e. The maximum absolute atomic E-state index is 12.9. The monoisotopic (exact) mass is 415 g/mol. The van der Waals surface area contributed by atoms with E-state index in [2.05, 4.69) is 43.6 Å². The molecular weight excluding hydrogens is 378 g/mol. The Morgan fingerprint density at radius 1 is 1.00 bits per heavy atom. The summed E-state index contributed by atoms with van der Waals surface area (Å²) in [6.45, 7) is 13.6. The van der Waals surface area contributed by atoms with Crippen molar-refractivity contribution < 1.29 is 14.7 Å². The third-order valence-electron chi connectivity index (χ3n) is 6.95. The molecule has 3 N–H and O–H groups in total. The van der Waals surface area contributed by atoms with Crippen molar-refractivity contribution in [1.82, 2.24) is 4.90 Å². The second kappa shape index (κ2) is 8.67. The number of carbonyl (C=O) groups is 2. The lowest BCUT2D eigenvalue weighted by molar-refractivity contribution is -0.118. The van der Waals surface area contributed by atoms with E-state index in [4.69, 9.17) is 5.73 Å². The molecule has 1 aliphatic heterocycles. The molecule has 166 valence electrons. The first-order valence-corrected chi connectivity index (χ1v) is 11.1. The van der Waals surface area contributed by atoms with Crippen LogP contribution in [0, 0.1) is 0 Å². The molecule has 1 aromatic carbocycles. The van der Waals surface area contributed by atoms with E-state index in [1.165, 1.54) is 11.1 Å². The Hall–Kier alpha value is -1.92. The zero-order valence-electron chi connectivity index (χ0n) is 19.0. The molecule has 1 aromatic rings. The van der Waals surface area contributed by atoms with Crippen LogP contribution in [0.4, 0.5) is 5.69 Å². The molecule has 0 aromatic heterocycles. The largest absolute Gasteiger partial charge is 0.395 e. The van der Waals surface area contributed by atoms with Crippen LogP contribution in [-0.4, -0.2) is 61.0 Å². The van der Waals surface area contributed by atoms with Gasteiger partial charge in [-0.15, -0.1) is 0 Å². The van der Waals surface area contributed by atoms with Crippen LogP contribution < -0.4 is 10.6 Å². The number of ketones is 1. The smallest absolute Gasteiger partial charge is 0.217 e. The molecule has 0 atom stereocenters. The van der Waals surface area contributed by atoms with Crippen molar-refractivity contribution in [2.75, 3.05) is 44.2 Å². The van der Waals surface area contributed by atoms with Crippen molar-refractivity contribution in [2.24, 2.45) is 5.73 Å². The van der Waals surface area contributed by atoms with Gasteiger partial charge in [-0.3, -0.25) is 14.5 Å². The number of amides is 1. The first-order valence-electron chi connectivity index (χ1n) is 11.1. The zero-order valence-corrected chi connectivity index (χ0v) is 19.0. The van der Waals surface area contributed by atoms with Gasteiger partial charge in [-0.25, -0.2) is 0 Å². The molecular formula is C24H37N3O3. The van der Waals surface area contributed by atoms with E-state index in [0.717, 1.165) is 44.7 Å². The molecule has 0 radical (unpaired) electrons. The van der Waals surface area contributed by atoms with Crippen molar-refractivity contribution in [3.63, 3.8) is 0 Å². The minimum atomic E-state index is -0.442. The highest BCUT2D eigenvalue weighted by Gasteiger charge is 2.40. The van der Waals surface area contributed by atoms with Crippen LogP contribution in [0.2, 0.25) is 0 Å². The fourth-order valence-electron chi connectivity index (χ4n) is 4.90. The van der Waals surface area contributed by atoms with Gasteiger partial charge in [-0.05, 0) is 46.9 Å². The molecule has 0 unspecified atom stereocenters. The van der Waals surface area contributed by atoms with Gasteiger partial charge >= 0.3 is 0 Å². The highest BCUT2D eigenvalue weighted by molar-refractivity contribution is 5.99. The second-order valence-corrected chi connectivity index (χ2v) is 10.1. The van der Waals surface area contributed by atoms with Gasteiger partial charge in [0, 0.05) is 56.8 Å². The topological polar surface area (TPSA) is 86.9 Å². The first-order chi connectivity index (χ1) is 14.0. The number of rotatable bonds is 7. The molecule has 0 spiro atoms. The molecule has 6 nitrogen and oxygen atoms in total. The number of hydrogen-bond donors (Lipinski definition) is 2. The lowest BCUT2D eigenvalue weighted by Crippen LogP contribution is -2.48. The highest BCUT2D eigenvalue weighted by Crippen LogP contribution is 2.50. The second-order valence-electron chi connectivity index (χ2n) is 10.1. The number of nitrogens with two attached hydrogens (primary N) is 1. The number of aliphatic hydroxyl groups is 1. The Balaban J connectivity index is 2.04. The van der Waals surface area contributed by atoms with E-state index in [9.17, 15) is 14.7 Å². The number of aliphatic hydroxyl groups excluding tert-OH is 1. The van der Waals surface area contributed by atoms with Crippen LogP contribution >= 0.6 is 0 Å². The van der Waals surface area contributed by atoms with Gasteiger partial charge in [0.05, 0.1) is 6.61 Å². The Kier molecular flexibility index (Phi) is 6.58. The number of β-amino-alcohol motifs (C(OH)–C–C–N with tert-alkyl or cyclic N) is 1. The molecule has 1 heterocycles. The van der Waals surface area contributed by atoms with Crippen LogP contribution in [0.15, 0.2) is 12.1 Å². The van der Waals surface area contributed by atoms with Crippen LogP contribution in [-0.2, 0) is 15.6 Å². The quantitative estimate of drug-likeness (QED) is 0.669. The molecule has 6 heteroatoms. The predicted molar refractivity (Wildman–Crippen MR) is 120 cm³/mol. The number of hydrogen-bond acceptors (Lipinski definition) is 5. The molecule has 30 heavy (non-hydrogen) atoms. The van der Waals surface area contributed by atoms with E-state index < -0.39 is 5.91 Å². The Morgan fingerprint density at radius 3 is 2.23 bits per heavy atom. The Labute approximate surface area is 180 Å². The SMILES string of the molecule is CC1(C)CCC(C)(C)c2c(N3CCN(CCO)CC3)cc(C(=O)CCC(N)=O)cc21. The van der Waals surface area contributed by atoms with Crippen molar-refractivity contribution in [2.45, 2.75) is 64.2 Å². The summed E-state index contributed by atoms with van der Waals surface area (Å²) in [6, 6.07) is 4.12. The fourth-order valence-corrected chi connectivity index (χ4v) is 4.90. The van der Waals surface area contributed by atoms with Crippen LogP contribution in [0.1, 0.15) is 74.9 Å². The lowest BCUT2D eigenvalue weighted by Gasteiger charge is -2.46. The summed E-state index contributed by atoms with van der Waals surface area (Å²) in [5, 5.41) is 9.25. The summed E-state index contributed by atoms with van der Waals surface area (Å²) >= 11 is 0. The van der Waals surface area contributed by atoms with Crippen LogP contribution in [0.5, 0.6) is 0 Å². The van der Waals surface area contributed by atoms with Crippen LogP contribution in [0.25, 0.3) is 0 Å². The van der Waals surface area contributed by atoms with E-state index in [1.807, 2.05) is 6.07 Å². The minimum absolute atomic E-state index is 0.00170. The summed E-state index contributed by atoms with van der Waals surface area (Å²) in [4.78, 5) is 28.8. The number of nitrogens with zero attached hydrogens (tertiary/aromatic N) is 2. The molecule has 1 aliphatic carbocycles. The molecule has 1 saturated heterocycles. The maximum Gasteiger partial charge on any atom is 0.217 e.